The molecular weight excluding hydrogens is 274 g/mol. The number of benzene rings is 2. The van der Waals surface area contributed by atoms with Crippen molar-refractivity contribution in [1.29, 1.82) is 0 Å². The maximum atomic E-state index is 11.8. The van der Waals surface area contributed by atoms with Crippen molar-refractivity contribution in [2.75, 3.05) is 5.73 Å². The van der Waals surface area contributed by atoms with Gasteiger partial charge in [-0.1, -0.05) is 42.5 Å². The second-order valence-electron chi connectivity index (χ2n) is 5.18. The molecule has 0 aliphatic heterocycles. The van der Waals surface area contributed by atoms with Gasteiger partial charge in [0, 0.05) is 23.7 Å². The van der Waals surface area contributed by atoms with Crippen LogP contribution in [0, 0.1) is 0 Å². The highest BCUT2D eigenvalue weighted by molar-refractivity contribution is 5.61. The van der Waals surface area contributed by atoms with Crippen molar-refractivity contribution in [1.82, 2.24) is 9.97 Å². The molecule has 4 nitrogen and oxygen atoms in total. The third-order valence-corrected chi connectivity index (χ3v) is 3.49. The number of nitrogens with one attached hydrogen (secondary N) is 1. The number of nitrogens with two attached hydrogens (primary N) is 1. The molecule has 0 aliphatic carbocycles. The van der Waals surface area contributed by atoms with E-state index in [9.17, 15) is 4.79 Å². The number of nitrogens with zero attached hydrogens (tertiary/aromatic N) is 1. The molecule has 0 saturated heterocycles. The van der Waals surface area contributed by atoms with E-state index in [0.29, 0.717) is 23.6 Å². The first-order valence-electron chi connectivity index (χ1n) is 7.21. The molecule has 3 N–H and O–H groups in total. The molecule has 4 heteroatoms. The maximum Gasteiger partial charge on any atom is 0.251 e. The molecule has 110 valence electrons. The van der Waals surface area contributed by atoms with Gasteiger partial charge in [-0.15, -0.1) is 0 Å². The normalized spacial score (nSPS) is 10.5. The highest BCUT2D eigenvalue weighted by Crippen LogP contribution is 2.17. The quantitative estimate of drug-likeness (QED) is 0.726. The van der Waals surface area contributed by atoms with Crippen molar-refractivity contribution in [3.63, 3.8) is 0 Å². The standard InChI is InChI=1S/C18H17N3O/c19-15-9-7-14(8-10-15)16-12-18(22)21-17(20-16)11-6-13-4-2-1-3-5-13/h1-5,7-10,12H,6,11,19H2,(H,20,21,22). The Morgan fingerprint density at radius 2 is 1.68 bits per heavy atom. The molecule has 0 bridgehead atoms. The van der Waals surface area contributed by atoms with Crippen LogP contribution >= 0.6 is 0 Å². The summed E-state index contributed by atoms with van der Waals surface area (Å²) in [5, 5.41) is 0. The zero-order valence-electron chi connectivity index (χ0n) is 12.1. The lowest BCUT2D eigenvalue weighted by Crippen LogP contribution is -2.12. The average Bonchev–Trinajstić information content (AvgIpc) is 2.54. The van der Waals surface area contributed by atoms with Gasteiger partial charge in [-0.25, -0.2) is 4.98 Å². The number of hydrogen-bond acceptors (Lipinski definition) is 3. The number of rotatable bonds is 4. The van der Waals surface area contributed by atoms with E-state index in [2.05, 4.69) is 22.1 Å². The van der Waals surface area contributed by atoms with E-state index in [4.69, 9.17) is 5.73 Å². The Kier molecular flexibility index (Phi) is 4.01. The summed E-state index contributed by atoms with van der Waals surface area (Å²) >= 11 is 0. The van der Waals surface area contributed by atoms with E-state index in [-0.39, 0.29) is 5.56 Å². The Bertz CT molecular complexity index is 808. The fraction of sp³-hybridized carbons (Fsp3) is 0.111. The van der Waals surface area contributed by atoms with Gasteiger partial charge in [0.2, 0.25) is 0 Å². The van der Waals surface area contributed by atoms with Gasteiger partial charge in [0.05, 0.1) is 5.69 Å². The highest BCUT2D eigenvalue weighted by Gasteiger charge is 2.04. The van der Waals surface area contributed by atoms with E-state index >= 15 is 0 Å². The van der Waals surface area contributed by atoms with Crippen molar-refractivity contribution in [3.05, 3.63) is 82.4 Å². The zero-order chi connectivity index (χ0) is 15.4. The van der Waals surface area contributed by atoms with Crippen molar-refractivity contribution < 1.29 is 0 Å². The second kappa shape index (κ2) is 6.26. The van der Waals surface area contributed by atoms with E-state index in [1.165, 1.54) is 11.6 Å². The first-order chi connectivity index (χ1) is 10.7. The molecule has 0 spiro atoms. The Hall–Kier alpha value is -2.88. The smallest absolute Gasteiger partial charge is 0.251 e. The van der Waals surface area contributed by atoms with Crippen molar-refractivity contribution in [3.8, 4) is 11.3 Å². The lowest BCUT2D eigenvalue weighted by atomic mass is 10.1. The van der Waals surface area contributed by atoms with Crippen LogP contribution in [0.4, 0.5) is 5.69 Å². The molecule has 0 fully saturated rings. The van der Waals surface area contributed by atoms with Crippen LogP contribution in [0.25, 0.3) is 11.3 Å². The van der Waals surface area contributed by atoms with Crippen LogP contribution in [0.5, 0.6) is 0 Å². The summed E-state index contributed by atoms with van der Waals surface area (Å²) < 4.78 is 0. The van der Waals surface area contributed by atoms with Crippen LogP contribution in [0.1, 0.15) is 11.4 Å². The molecule has 2 aromatic carbocycles. The van der Waals surface area contributed by atoms with Gasteiger partial charge in [-0.3, -0.25) is 4.79 Å². The molecular formula is C18H17N3O. The molecule has 0 aliphatic rings. The minimum Gasteiger partial charge on any atom is -0.399 e. The van der Waals surface area contributed by atoms with Crippen LogP contribution in [-0.4, -0.2) is 9.97 Å². The lowest BCUT2D eigenvalue weighted by molar-refractivity contribution is 0.850. The molecule has 1 heterocycles. The summed E-state index contributed by atoms with van der Waals surface area (Å²) in [5.41, 5.74) is 9.03. The fourth-order valence-corrected chi connectivity index (χ4v) is 2.34. The van der Waals surface area contributed by atoms with Gasteiger partial charge in [-0.05, 0) is 24.1 Å². The van der Waals surface area contributed by atoms with Gasteiger partial charge >= 0.3 is 0 Å². The molecule has 3 aromatic rings. The molecule has 0 amide bonds. The van der Waals surface area contributed by atoms with E-state index in [0.717, 1.165) is 12.0 Å². The first kappa shape index (κ1) is 14.1. The molecule has 0 unspecified atom stereocenters. The van der Waals surface area contributed by atoms with E-state index < -0.39 is 0 Å². The molecule has 1 aromatic heterocycles. The van der Waals surface area contributed by atoms with Crippen LogP contribution in [0.3, 0.4) is 0 Å². The number of aryl methyl sites for hydroxylation is 2. The predicted octanol–water partition coefficient (Wildman–Crippen LogP) is 2.80. The van der Waals surface area contributed by atoms with Crippen LogP contribution in [0.2, 0.25) is 0 Å². The van der Waals surface area contributed by atoms with Crippen LogP contribution in [0.15, 0.2) is 65.5 Å². The van der Waals surface area contributed by atoms with Gasteiger partial charge in [0.1, 0.15) is 5.82 Å². The van der Waals surface area contributed by atoms with Gasteiger partial charge in [-0.2, -0.15) is 0 Å². The average molecular weight is 291 g/mol. The van der Waals surface area contributed by atoms with Gasteiger partial charge in [0.25, 0.3) is 5.56 Å². The lowest BCUT2D eigenvalue weighted by Gasteiger charge is -2.05. The Balaban J connectivity index is 1.84. The molecule has 0 radical (unpaired) electrons. The molecule has 3 rings (SSSR count). The molecule has 22 heavy (non-hydrogen) atoms. The number of anilines is 1. The molecule has 0 atom stereocenters. The summed E-state index contributed by atoms with van der Waals surface area (Å²) in [6.07, 6.45) is 1.54. The third-order valence-electron chi connectivity index (χ3n) is 3.49. The summed E-state index contributed by atoms with van der Waals surface area (Å²) in [6.45, 7) is 0. The monoisotopic (exact) mass is 291 g/mol. The Labute approximate surface area is 128 Å². The van der Waals surface area contributed by atoms with Crippen LogP contribution < -0.4 is 11.3 Å². The SMILES string of the molecule is Nc1ccc(-c2cc(=O)[nH]c(CCc3ccccc3)n2)cc1. The fourth-order valence-electron chi connectivity index (χ4n) is 2.34. The van der Waals surface area contributed by atoms with E-state index in [1.807, 2.05) is 42.5 Å². The van der Waals surface area contributed by atoms with Gasteiger partial charge < -0.3 is 10.7 Å². The first-order valence-corrected chi connectivity index (χ1v) is 7.21. The zero-order valence-corrected chi connectivity index (χ0v) is 12.1. The summed E-state index contributed by atoms with van der Waals surface area (Å²) in [4.78, 5) is 19.2. The summed E-state index contributed by atoms with van der Waals surface area (Å²) in [6, 6.07) is 19.0. The number of H-pyrrole nitrogens is 1. The Morgan fingerprint density at radius 3 is 2.41 bits per heavy atom. The summed E-state index contributed by atoms with van der Waals surface area (Å²) in [5.74, 6) is 0.697. The van der Waals surface area contributed by atoms with Crippen molar-refractivity contribution in [2.24, 2.45) is 0 Å². The maximum absolute atomic E-state index is 11.8. The second-order valence-corrected chi connectivity index (χ2v) is 5.18. The van der Waals surface area contributed by atoms with Crippen molar-refractivity contribution in [2.45, 2.75) is 12.8 Å². The minimum absolute atomic E-state index is 0.134. The number of nitrogen functional groups attached to an aromatic ring is 1. The minimum atomic E-state index is -0.134. The predicted molar refractivity (Wildman–Crippen MR) is 88.6 cm³/mol. The topological polar surface area (TPSA) is 71.8 Å². The highest BCUT2D eigenvalue weighted by atomic mass is 16.1. The van der Waals surface area contributed by atoms with Gasteiger partial charge in [0.15, 0.2) is 0 Å². The summed E-state index contributed by atoms with van der Waals surface area (Å²) in [7, 11) is 0. The third kappa shape index (κ3) is 3.41. The van der Waals surface area contributed by atoms with Crippen LogP contribution in [-0.2, 0) is 12.8 Å². The number of hydrogen-bond donors (Lipinski definition) is 2. The largest absolute Gasteiger partial charge is 0.399 e. The molecule has 0 saturated carbocycles. The van der Waals surface area contributed by atoms with Crippen molar-refractivity contribution >= 4 is 5.69 Å². The van der Waals surface area contributed by atoms with E-state index in [1.54, 1.807) is 0 Å². The Morgan fingerprint density at radius 1 is 0.955 bits per heavy atom. The number of aromatic amines is 1. The number of aromatic nitrogens is 2.